The van der Waals surface area contributed by atoms with E-state index in [1.54, 1.807) is 0 Å². The first-order valence-corrected chi connectivity index (χ1v) is 8.98. The monoisotopic (exact) mass is 393 g/mol. The van der Waals surface area contributed by atoms with Gasteiger partial charge < -0.3 is 10.6 Å². The van der Waals surface area contributed by atoms with Crippen molar-refractivity contribution in [3.05, 3.63) is 64.2 Å². The number of rotatable bonds is 4. The van der Waals surface area contributed by atoms with E-state index in [4.69, 9.17) is 11.6 Å². The molecule has 0 bridgehead atoms. The minimum atomic E-state index is 0. The van der Waals surface area contributed by atoms with Gasteiger partial charge in [0.1, 0.15) is 0 Å². The molecule has 0 radical (unpaired) electrons. The SMILES string of the molecule is Cc1ccc(NC(=O)CN2CCNCC2c2cccc(Cl)c2)c(C)c1.Cl. The highest BCUT2D eigenvalue weighted by Gasteiger charge is 2.25. The van der Waals surface area contributed by atoms with Crippen molar-refractivity contribution in [2.24, 2.45) is 0 Å². The van der Waals surface area contributed by atoms with Gasteiger partial charge >= 0.3 is 0 Å². The second kappa shape index (κ2) is 9.38. The zero-order valence-electron chi connectivity index (χ0n) is 15.1. The van der Waals surface area contributed by atoms with Gasteiger partial charge in [0.25, 0.3) is 0 Å². The van der Waals surface area contributed by atoms with E-state index < -0.39 is 0 Å². The molecule has 2 N–H and O–H groups in total. The van der Waals surface area contributed by atoms with Crippen LogP contribution in [-0.4, -0.2) is 37.0 Å². The highest BCUT2D eigenvalue weighted by Crippen LogP contribution is 2.24. The molecule has 2 aromatic carbocycles. The summed E-state index contributed by atoms with van der Waals surface area (Å²) in [4.78, 5) is 14.8. The van der Waals surface area contributed by atoms with E-state index in [-0.39, 0.29) is 24.4 Å². The van der Waals surface area contributed by atoms with E-state index in [1.807, 2.05) is 37.3 Å². The molecule has 1 unspecified atom stereocenters. The third kappa shape index (κ3) is 5.21. The summed E-state index contributed by atoms with van der Waals surface area (Å²) in [6, 6.07) is 14.1. The third-order valence-electron chi connectivity index (χ3n) is 4.59. The Hall–Kier alpha value is -1.59. The second-order valence-electron chi connectivity index (χ2n) is 6.61. The smallest absolute Gasteiger partial charge is 0.238 e. The number of amides is 1. The van der Waals surface area contributed by atoms with Gasteiger partial charge in [0, 0.05) is 36.4 Å². The molecular weight excluding hydrogens is 369 g/mol. The lowest BCUT2D eigenvalue weighted by atomic mass is 10.0. The molecule has 140 valence electrons. The number of nitrogens with zero attached hydrogens (tertiary/aromatic N) is 1. The molecule has 6 heteroatoms. The number of aryl methyl sites for hydroxylation is 2. The van der Waals surface area contributed by atoms with E-state index in [0.717, 1.165) is 41.5 Å². The van der Waals surface area contributed by atoms with Gasteiger partial charge in [-0.15, -0.1) is 12.4 Å². The van der Waals surface area contributed by atoms with Gasteiger partial charge in [-0.05, 0) is 43.2 Å². The highest BCUT2D eigenvalue weighted by molar-refractivity contribution is 6.30. The molecular formula is C20H25Cl2N3O. The molecule has 26 heavy (non-hydrogen) atoms. The fraction of sp³-hybridized carbons (Fsp3) is 0.350. The first-order chi connectivity index (χ1) is 12.0. The Morgan fingerprint density at radius 2 is 2.08 bits per heavy atom. The molecule has 0 saturated carbocycles. The van der Waals surface area contributed by atoms with Gasteiger partial charge in [-0.2, -0.15) is 0 Å². The molecule has 3 rings (SSSR count). The van der Waals surface area contributed by atoms with Crippen molar-refractivity contribution in [1.29, 1.82) is 0 Å². The number of hydrogen-bond acceptors (Lipinski definition) is 3. The number of carbonyl (C=O) groups is 1. The van der Waals surface area contributed by atoms with Gasteiger partial charge in [-0.3, -0.25) is 9.69 Å². The van der Waals surface area contributed by atoms with Crippen LogP contribution in [-0.2, 0) is 4.79 Å². The Morgan fingerprint density at radius 3 is 2.81 bits per heavy atom. The lowest BCUT2D eigenvalue weighted by Gasteiger charge is -2.36. The van der Waals surface area contributed by atoms with Crippen molar-refractivity contribution >= 4 is 35.6 Å². The van der Waals surface area contributed by atoms with Gasteiger partial charge in [0.05, 0.1) is 6.54 Å². The van der Waals surface area contributed by atoms with Crippen LogP contribution in [0.15, 0.2) is 42.5 Å². The fourth-order valence-electron chi connectivity index (χ4n) is 3.31. The molecule has 1 aliphatic heterocycles. The predicted molar refractivity (Wildman–Crippen MR) is 110 cm³/mol. The zero-order valence-corrected chi connectivity index (χ0v) is 16.7. The summed E-state index contributed by atoms with van der Waals surface area (Å²) in [6.45, 7) is 6.96. The number of piperazine rings is 1. The molecule has 0 spiro atoms. The maximum absolute atomic E-state index is 12.6. The van der Waals surface area contributed by atoms with Gasteiger partial charge in [-0.1, -0.05) is 41.4 Å². The maximum Gasteiger partial charge on any atom is 0.238 e. The summed E-state index contributed by atoms with van der Waals surface area (Å²) < 4.78 is 0. The molecule has 1 amide bonds. The van der Waals surface area contributed by atoms with E-state index >= 15 is 0 Å². The summed E-state index contributed by atoms with van der Waals surface area (Å²) >= 11 is 6.14. The van der Waals surface area contributed by atoms with Crippen LogP contribution in [0.5, 0.6) is 0 Å². The average Bonchev–Trinajstić information content (AvgIpc) is 2.58. The van der Waals surface area contributed by atoms with E-state index in [2.05, 4.69) is 34.6 Å². The number of carbonyl (C=O) groups excluding carboxylic acids is 1. The molecule has 0 aromatic heterocycles. The Labute approximate surface area is 166 Å². The van der Waals surface area contributed by atoms with E-state index in [0.29, 0.717) is 6.54 Å². The number of nitrogens with one attached hydrogen (secondary N) is 2. The average molecular weight is 394 g/mol. The van der Waals surface area contributed by atoms with Crippen LogP contribution in [0.4, 0.5) is 5.69 Å². The summed E-state index contributed by atoms with van der Waals surface area (Å²) in [7, 11) is 0. The number of hydrogen-bond donors (Lipinski definition) is 2. The number of anilines is 1. The molecule has 1 atom stereocenters. The molecule has 1 aliphatic rings. The van der Waals surface area contributed by atoms with Crippen LogP contribution in [0.1, 0.15) is 22.7 Å². The van der Waals surface area contributed by atoms with Crippen LogP contribution in [0, 0.1) is 13.8 Å². The number of benzene rings is 2. The first kappa shape index (κ1) is 20.7. The molecule has 1 fully saturated rings. The maximum atomic E-state index is 12.6. The minimum absolute atomic E-state index is 0. The van der Waals surface area contributed by atoms with Gasteiger partial charge in [0.15, 0.2) is 0 Å². The highest BCUT2D eigenvalue weighted by atomic mass is 35.5. The van der Waals surface area contributed by atoms with Crippen molar-refractivity contribution in [3.8, 4) is 0 Å². The molecule has 1 heterocycles. The summed E-state index contributed by atoms with van der Waals surface area (Å²) in [6.07, 6.45) is 0. The van der Waals surface area contributed by atoms with Crippen molar-refractivity contribution in [3.63, 3.8) is 0 Å². The Balaban J connectivity index is 0.00000243. The van der Waals surface area contributed by atoms with Crippen LogP contribution in [0.2, 0.25) is 5.02 Å². The van der Waals surface area contributed by atoms with Crippen molar-refractivity contribution in [2.75, 3.05) is 31.5 Å². The molecule has 1 saturated heterocycles. The lowest BCUT2D eigenvalue weighted by Crippen LogP contribution is -2.48. The first-order valence-electron chi connectivity index (χ1n) is 8.60. The van der Waals surface area contributed by atoms with Gasteiger partial charge in [-0.25, -0.2) is 0 Å². The predicted octanol–water partition coefficient (Wildman–Crippen LogP) is 3.96. The molecule has 0 aliphatic carbocycles. The van der Waals surface area contributed by atoms with E-state index in [9.17, 15) is 4.79 Å². The summed E-state index contributed by atoms with van der Waals surface area (Å²) in [5, 5.41) is 7.17. The van der Waals surface area contributed by atoms with Crippen LogP contribution < -0.4 is 10.6 Å². The largest absolute Gasteiger partial charge is 0.325 e. The summed E-state index contributed by atoms with van der Waals surface area (Å²) in [5.74, 6) is 0.0147. The quantitative estimate of drug-likeness (QED) is 0.825. The summed E-state index contributed by atoms with van der Waals surface area (Å²) in [5.41, 5.74) is 4.29. The van der Waals surface area contributed by atoms with E-state index in [1.165, 1.54) is 5.56 Å². The van der Waals surface area contributed by atoms with Crippen LogP contribution >= 0.6 is 24.0 Å². The van der Waals surface area contributed by atoms with Gasteiger partial charge in [0.2, 0.25) is 5.91 Å². The van der Waals surface area contributed by atoms with Crippen molar-refractivity contribution in [1.82, 2.24) is 10.2 Å². The lowest BCUT2D eigenvalue weighted by molar-refractivity contribution is -0.118. The Bertz CT molecular complexity index is 766. The molecule has 4 nitrogen and oxygen atoms in total. The fourth-order valence-corrected chi connectivity index (χ4v) is 3.50. The van der Waals surface area contributed by atoms with Crippen molar-refractivity contribution < 1.29 is 4.79 Å². The normalized spacial score (nSPS) is 17.4. The van der Waals surface area contributed by atoms with Crippen LogP contribution in [0.3, 0.4) is 0 Å². The Kier molecular flexibility index (Phi) is 7.47. The molecule has 2 aromatic rings. The standard InChI is InChI=1S/C20H24ClN3O.ClH/c1-14-6-7-18(15(2)10-14)23-20(25)13-24-9-8-22-12-19(24)16-4-3-5-17(21)11-16;/h3-7,10-11,19,22H,8-9,12-13H2,1-2H3,(H,23,25);1H. The number of halogens is 2. The second-order valence-corrected chi connectivity index (χ2v) is 7.05. The zero-order chi connectivity index (χ0) is 17.8. The van der Waals surface area contributed by atoms with Crippen LogP contribution in [0.25, 0.3) is 0 Å². The minimum Gasteiger partial charge on any atom is -0.325 e. The van der Waals surface area contributed by atoms with Crippen molar-refractivity contribution in [2.45, 2.75) is 19.9 Å². The topological polar surface area (TPSA) is 44.4 Å². The third-order valence-corrected chi connectivity index (χ3v) is 4.83. The Morgan fingerprint density at radius 1 is 1.27 bits per heavy atom.